The topological polar surface area (TPSA) is 42.3 Å². The zero-order valence-corrected chi connectivity index (χ0v) is 12.3. The number of alkyl halides is 1. The summed E-state index contributed by atoms with van der Waals surface area (Å²) in [6.07, 6.45) is 3.97. The van der Waals surface area contributed by atoms with Crippen LogP contribution >= 0.6 is 11.6 Å². The molecule has 1 heterocycles. The zero-order chi connectivity index (χ0) is 13.3. The number of hydrogen-bond acceptors (Lipinski definition) is 2. The van der Waals surface area contributed by atoms with Gasteiger partial charge in [0.25, 0.3) is 0 Å². The molecule has 0 saturated heterocycles. The third kappa shape index (κ3) is 2.44. The molecule has 2 rings (SSSR count). The van der Waals surface area contributed by atoms with Crippen molar-refractivity contribution in [3.8, 4) is 0 Å². The second-order valence-corrected chi connectivity index (χ2v) is 6.73. The van der Waals surface area contributed by atoms with E-state index in [1.54, 1.807) is 12.3 Å². The summed E-state index contributed by atoms with van der Waals surface area (Å²) < 4.78 is 28.3. The van der Waals surface area contributed by atoms with E-state index in [-0.39, 0.29) is 0 Å². The van der Waals surface area contributed by atoms with Crippen LogP contribution in [0, 0.1) is 0 Å². The van der Waals surface area contributed by atoms with Crippen LogP contribution in [0.3, 0.4) is 0 Å². The minimum absolute atomic E-state index is 0.351. The van der Waals surface area contributed by atoms with Crippen molar-refractivity contribution >= 4 is 21.6 Å². The monoisotopic (exact) mass is 290 g/mol. The smallest absolute Gasteiger partial charge is 0.244 e. The first-order valence-corrected chi connectivity index (χ1v) is 8.28. The summed E-state index contributed by atoms with van der Waals surface area (Å²) in [5.74, 6) is 0.351. The van der Waals surface area contributed by atoms with Gasteiger partial charge in [0, 0.05) is 31.0 Å². The van der Waals surface area contributed by atoms with Crippen molar-refractivity contribution in [1.82, 2.24) is 8.87 Å². The summed E-state index contributed by atoms with van der Waals surface area (Å²) in [5, 5.41) is 0. The predicted molar refractivity (Wildman–Crippen MR) is 72.4 cm³/mol. The highest BCUT2D eigenvalue weighted by Crippen LogP contribution is 2.38. The largest absolute Gasteiger partial charge is 0.346 e. The molecule has 0 bridgehead atoms. The van der Waals surface area contributed by atoms with Crippen LogP contribution in [0.2, 0.25) is 0 Å². The first kappa shape index (κ1) is 13.9. The SMILES string of the molecule is CCN(CC)S(=O)(=O)c1cc(CCl)n(C2CC2)c1. The molecule has 1 aliphatic carbocycles. The fourth-order valence-corrected chi connectivity index (χ4v) is 3.87. The molecule has 4 nitrogen and oxygen atoms in total. The third-order valence-corrected chi connectivity index (χ3v) is 5.62. The molecule has 0 N–H and O–H groups in total. The van der Waals surface area contributed by atoms with Crippen molar-refractivity contribution in [2.45, 2.75) is 43.5 Å². The average Bonchev–Trinajstić information content (AvgIpc) is 3.09. The normalized spacial score (nSPS) is 16.4. The van der Waals surface area contributed by atoms with Gasteiger partial charge in [0.05, 0.1) is 5.88 Å². The highest BCUT2D eigenvalue weighted by molar-refractivity contribution is 7.89. The lowest BCUT2D eigenvalue weighted by atomic mass is 10.5. The summed E-state index contributed by atoms with van der Waals surface area (Å²) in [5.41, 5.74) is 0.893. The van der Waals surface area contributed by atoms with E-state index in [4.69, 9.17) is 11.6 Å². The van der Waals surface area contributed by atoms with Gasteiger partial charge in [-0.05, 0) is 18.9 Å². The summed E-state index contributed by atoms with van der Waals surface area (Å²) in [6, 6.07) is 2.15. The van der Waals surface area contributed by atoms with Crippen molar-refractivity contribution in [3.63, 3.8) is 0 Å². The van der Waals surface area contributed by atoms with E-state index in [1.807, 2.05) is 18.4 Å². The number of halogens is 1. The number of rotatable bonds is 6. The second-order valence-electron chi connectivity index (χ2n) is 4.53. The summed E-state index contributed by atoms with van der Waals surface area (Å²) >= 11 is 5.89. The second kappa shape index (κ2) is 5.23. The lowest BCUT2D eigenvalue weighted by Crippen LogP contribution is -2.30. The molecule has 1 fully saturated rings. The third-order valence-electron chi connectivity index (χ3n) is 3.33. The van der Waals surface area contributed by atoms with Crippen LogP contribution in [-0.2, 0) is 15.9 Å². The van der Waals surface area contributed by atoms with Gasteiger partial charge in [-0.2, -0.15) is 4.31 Å². The molecule has 0 radical (unpaired) electrons. The van der Waals surface area contributed by atoms with E-state index in [0.29, 0.717) is 29.9 Å². The van der Waals surface area contributed by atoms with Gasteiger partial charge < -0.3 is 4.57 Å². The Balaban J connectivity index is 2.38. The maximum Gasteiger partial charge on any atom is 0.244 e. The Morgan fingerprint density at radius 3 is 2.44 bits per heavy atom. The Hall–Kier alpha value is -0.520. The van der Waals surface area contributed by atoms with Gasteiger partial charge in [-0.15, -0.1) is 11.6 Å². The van der Waals surface area contributed by atoms with Gasteiger partial charge in [-0.1, -0.05) is 13.8 Å². The maximum atomic E-state index is 12.4. The Morgan fingerprint density at radius 1 is 1.39 bits per heavy atom. The zero-order valence-electron chi connectivity index (χ0n) is 10.8. The standard InChI is InChI=1S/C12H19ClN2O2S/c1-3-14(4-2)18(16,17)12-7-11(8-13)15(9-12)10-5-6-10/h7,9-10H,3-6,8H2,1-2H3. The van der Waals surface area contributed by atoms with Gasteiger partial charge in [0.2, 0.25) is 10.0 Å². The number of sulfonamides is 1. The summed E-state index contributed by atoms with van der Waals surface area (Å²) in [4.78, 5) is 0.369. The van der Waals surface area contributed by atoms with Crippen molar-refractivity contribution < 1.29 is 8.42 Å². The Labute approximate surface area is 114 Å². The Bertz CT molecular complexity index is 516. The molecule has 6 heteroatoms. The highest BCUT2D eigenvalue weighted by Gasteiger charge is 2.29. The minimum atomic E-state index is -3.36. The molecule has 1 aliphatic rings. The van der Waals surface area contributed by atoms with Crippen LogP contribution in [0.4, 0.5) is 0 Å². The molecule has 18 heavy (non-hydrogen) atoms. The molecule has 1 aromatic rings. The van der Waals surface area contributed by atoms with E-state index < -0.39 is 10.0 Å². The van der Waals surface area contributed by atoms with Crippen molar-refractivity contribution in [3.05, 3.63) is 18.0 Å². The Morgan fingerprint density at radius 2 is 2.00 bits per heavy atom. The first-order chi connectivity index (χ1) is 8.54. The number of nitrogens with zero attached hydrogens (tertiary/aromatic N) is 2. The van der Waals surface area contributed by atoms with Crippen molar-refractivity contribution in [2.75, 3.05) is 13.1 Å². The molecule has 0 spiro atoms. The lowest BCUT2D eigenvalue weighted by Gasteiger charge is -2.17. The molecule has 1 saturated carbocycles. The quantitative estimate of drug-likeness (QED) is 0.756. The van der Waals surface area contributed by atoms with E-state index in [0.717, 1.165) is 18.5 Å². The number of hydrogen-bond donors (Lipinski definition) is 0. The summed E-state index contributed by atoms with van der Waals surface area (Å²) in [6.45, 7) is 4.68. The van der Waals surface area contributed by atoms with E-state index >= 15 is 0 Å². The van der Waals surface area contributed by atoms with Crippen LogP contribution in [0.15, 0.2) is 17.2 Å². The average molecular weight is 291 g/mol. The van der Waals surface area contributed by atoms with E-state index in [1.165, 1.54) is 4.31 Å². The fourth-order valence-electron chi connectivity index (χ4n) is 2.15. The van der Waals surface area contributed by atoms with Crippen LogP contribution in [0.5, 0.6) is 0 Å². The van der Waals surface area contributed by atoms with Crippen LogP contribution in [0.1, 0.15) is 38.4 Å². The molecule has 0 aliphatic heterocycles. The minimum Gasteiger partial charge on any atom is -0.346 e. The first-order valence-electron chi connectivity index (χ1n) is 6.31. The molecular weight excluding hydrogens is 272 g/mol. The molecule has 102 valence electrons. The van der Waals surface area contributed by atoms with Gasteiger partial charge in [0.1, 0.15) is 4.90 Å². The molecular formula is C12H19ClN2O2S. The fraction of sp³-hybridized carbons (Fsp3) is 0.667. The highest BCUT2D eigenvalue weighted by atomic mass is 35.5. The van der Waals surface area contributed by atoms with E-state index in [9.17, 15) is 8.42 Å². The van der Waals surface area contributed by atoms with Gasteiger partial charge in [-0.25, -0.2) is 8.42 Å². The molecule has 0 aromatic carbocycles. The van der Waals surface area contributed by atoms with Gasteiger partial charge in [-0.3, -0.25) is 0 Å². The van der Waals surface area contributed by atoms with Crippen LogP contribution < -0.4 is 0 Å². The molecule has 0 amide bonds. The van der Waals surface area contributed by atoms with E-state index in [2.05, 4.69) is 0 Å². The van der Waals surface area contributed by atoms with Crippen LogP contribution in [0.25, 0.3) is 0 Å². The maximum absolute atomic E-state index is 12.4. The van der Waals surface area contributed by atoms with Crippen molar-refractivity contribution in [1.29, 1.82) is 0 Å². The van der Waals surface area contributed by atoms with Crippen molar-refractivity contribution in [2.24, 2.45) is 0 Å². The molecule has 0 unspecified atom stereocenters. The molecule has 1 aromatic heterocycles. The van der Waals surface area contributed by atoms with Crippen LogP contribution in [-0.4, -0.2) is 30.4 Å². The molecule has 0 atom stereocenters. The predicted octanol–water partition coefficient (Wildman–Crippen LogP) is 2.59. The van der Waals surface area contributed by atoms with Gasteiger partial charge in [0.15, 0.2) is 0 Å². The number of aromatic nitrogens is 1. The lowest BCUT2D eigenvalue weighted by molar-refractivity contribution is 0.445. The summed E-state index contributed by atoms with van der Waals surface area (Å²) in [7, 11) is -3.36. The Kier molecular flexibility index (Phi) is 4.04. The van der Waals surface area contributed by atoms with Gasteiger partial charge >= 0.3 is 0 Å².